The molecule has 1 aromatic carbocycles. The van der Waals surface area contributed by atoms with Crippen LogP contribution in [0, 0.1) is 5.92 Å². The lowest BCUT2D eigenvalue weighted by Gasteiger charge is -2.23. The van der Waals surface area contributed by atoms with Gasteiger partial charge in [0.15, 0.2) is 0 Å². The molecule has 2 heteroatoms. The Bertz CT molecular complexity index is 305. The number of nitrogens with one attached hydrogen (secondary N) is 1. The summed E-state index contributed by atoms with van der Waals surface area (Å²) in [7, 11) is 0. The predicted molar refractivity (Wildman–Crippen MR) is 72.1 cm³/mol. The second-order valence-electron chi connectivity index (χ2n) is 4.93. The Hall–Kier alpha value is -0.530. The summed E-state index contributed by atoms with van der Waals surface area (Å²) in [6, 6.07) is 9.16. The summed E-state index contributed by atoms with van der Waals surface area (Å²) in [5.74, 6) is 0.674. The van der Waals surface area contributed by atoms with E-state index in [0.717, 1.165) is 11.4 Å². The lowest BCUT2D eigenvalue weighted by Crippen LogP contribution is -2.38. The second-order valence-corrected chi connectivity index (χ2v) is 5.37. The van der Waals surface area contributed by atoms with Crippen molar-refractivity contribution in [2.75, 3.05) is 0 Å². The van der Waals surface area contributed by atoms with Gasteiger partial charge < -0.3 is 5.32 Å². The first kappa shape index (κ1) is 13.5. The van der Waals surface area contributed by atoms with Crippen molar-refractivity contribution in [2.45, 2.75) is 46.2 Å². The molecule has 0 aromatic heterocycles. The van der Waals surface area contributed by atoms with Gasteiger partial charge >= 0.3 is 0 Å². The smallest absolute Gasteiger partial charge is 0.0406 e. The van der Waals surface area contributed by atoms with Crippen LogP contribution in [0.1, 0.15) is 33.3 Å². The largest absolute Gasteiger partial charge is 0.311 e. The van der Waals surface area contributed by atoms with E-state index in [-0.39, 0.29) is 0 Å². The molecule has 0 amide bonds. The van der Waals surface area contributed by atoms with Crippen molar-refractivity contribution in [1.29, 1.82) is 0 Å². The molecule has 1 aromatic rings. The lowest BCUT2D eigenvalue weighted by atomic mass is 10.0. The Morgan fingerprint density at radius 2 is 1.62 bits per heavy atom. The summed E-state index contributed by atoms with van der Waals surface area (Å²) in [6.07, 6.45) is 1.05. The molecular formula is C14H22ClN. The molecule has 0 bridgehead atoms. The highest BCUT2D eigenvalue weighted by atomic mass is 35.5. The van der Waals surface area contributed by atoms with E-state index >= 15 is 0 Å². The van der Waals surface area contributed by atoms with Gasteiger partial charge in [0.1, 0.15) is 0 Å². The highest BCUT2D eigenvalue weighted by Crippen LogP contribution is 2.11. The zero-order valence-corrected chi connectivity index (χ0v) is 11.4. The summed E-state index contributed by atoms with van der Waals surface area (Å²) in [6.45, 7) is 8.95. The first-order chi connectivity index (χ1) is 7.49. The van der Waals surface area contributed by atoms with Crippen LogP contribution in [0.25, 0.3) is 0 Å². The number of hydrogen-bond acceptors (Lipinski definition) is 1. The zero-order chi connectivity index (χ0) is 12.1. The minimum atomic E-state index is 0.499. The van der Waals surface area contributed by atoms with Crippen LogP contribution in [0.3, 0.4) is 0 Å². The van der Waals surface area contributed by atoms with Crippen LogP contribution in [0.2, 0.25) is 5.02 Å². The van der Waals surface area contributed by atoms with Gasteiger partial charge in [-0.25, -0.2) is 0 Å². The molecule has 1 nitrogen and oxygen atoms in total. The third kappa shape index (κ3) is 4.54. The van der Waals surface area contributed by atoms with Gasteiger partial charge in [0.05, 0.1) is 0 Å². The number of hydrogen-bond donors (Lipinski definition) is 1. The number of rotatable bonds is 5. The van der Waals surface area contributed by atoms with Crippen LogP contribution in [0.4, 0.5) is 0 Å². The third-order valence-electron chi connectivity index (χ3n) is 3.00. The van der Waals surface area contributed by atoms with E-state index in [4.69, 9.17) is 11.6 Å². The second kappa shape index (κ2) is 6.27. The molecule has 0 aliphatic heterocycles. The highest BCUT2D eigenvalue weighted by Gasteiger charge is 2.10. The predicted octanol–water partition coefficient (Wildman–Crippen LogP) is 3.91. The SMILES string of the molecule is CC(Cc1ccc(Cl)cc1)NC(C)C(C)C. The summed E-state index contributed by atoms with van der Waals surface area (Å²) in [5.41, 5.74) is 1.33. The van der Waals surface area contributed by atoms with E-state index in [1.165, 1.54) is 5.56 Å². The molecule has 90 valence electrons. The van der Waals surface area contributed by atoms with Crippen LogP contribution >= 0.6 is 11.6 Å². The molecule has 0 fully saturated rings. The van der Waals surface area contributed by atoms with Gasteiger partial charge in [-0.15, -0.1) is 0 Å². The van der Waals surface area contributed by atoms with Crippen LogP contribution in [0.15, 0.2) is 24.3 Å². The maximum absolute atomic E-state index is 5.86. The van der Waals surface area contributed by atoms with E-state index < -0.39 is 0 Å². The van der Waals surface area contributed by atoms with Crippen molar-refractivity contribution in [3.8, 4) is 0 Å². The van der Waals surface area contributed by atoms with Gasteiger partial charge in [-0.05, 0) is 43.9 Å². The molecule has 0 radical (unpaired) electrons. The Morgan fingerprint density at radius 1 is 1.06 bits per heavy atom. The van der Waals surface area contributed by atoms with Crippen molar-refractivity contribution in [3.63, 3.8) is 0 Å². The minimum Gasteiger partial charge on any atom is -0.311 e. The minimum absolute atomic E-state index is 0.499. The fourth-order valence-corrected chi connectivity index (χ4v) is 1.80. The standard InChI is InChI=1S/C14H22ClN/c1-10(2)12(4)16-11(3)9-13-5-7-14(15)8-6-13/h5-8,10-12,16H,9H2,1-4H3. The quantitative estimate of drug-likeness (QED) is 0.822. The van der Waals surface area contributed by atoms with Crippen molar-refractivity contribution in [3.05, 3.63) is 34.9 Å². The van der Waals surface area contributed by atoms with E-state index in [1.807, 2.05) is 12.1 Å². The van der Waals surface area contributed by atoms with E-state index in [2.05, 4.69) is 45.1 Å². The topological polar surface area (TPSA) is 12.0 Å². The highest BCUT2D eigenvalue weighted by molar-refractivity contribution is 6.30. The summed E-state index contributed by atoms with van der Waals surface area (Å²) >= 11 is 5.86. The monoisotopic (exact) mass is 239 g/mol. The van der Waals surface area contributed by atoms with Crippen molar-refractivity contribution in [1.82, 2.24) is 5.32 Å². The zero-order valence-electron chi connectivity index (χ0n) is 10.6. The Balaban J connectivity index is 2.45. The summed E-state index contributed by atoms with van der Waals surface area (Å²) in [4.78, 5) is 0. The first-order valence-electron chi connectivity index (χ1n) is 5.99. The van der Waals surface area contributed by atoms with Gasteiger partial charge in [0.2, 0.25) is 0 Å². The van der Waals surface area contributed by atoms with Gasteiger partial charge in [-0.3, -0.25) is 0 Å². The fourth-order valence-electron chi connectivity index (χ4n) is 1.67. The number of benzene rings is 1. The lowest BCUT2D eigenvalue weighted by molar-refractivity contribution is 0.382. The van der Waals surface area contributed by atoms with E-state index in [9.17, 15) is 0 Å². The summed E-state index contributed by atoms with van der Waals surface area (Å²) in [5, 5.41) is 4.41. The normalized spacial score (nSPS) is 15.1. The van der Waals surface area contributed by atoms with E-state index in [0.29, 0.717) is 18.0 Å². The average Bonchev–Trinajstić information content (AvgIpc) is 2.21. The third-order valence-corrected chi connectivity index (χ3v) is 3.25. The van der Waals surface area contributed by atoms with Crippen LogP contribution in [-0.2, 0) is 6.42 Å². The molecule has 2 unspecified atom stereocenters. The summed E-state index contributed by atoms with van der Waals surface area (Å²) < 4.78 is 0. The Morgan fingerprint density at radius 3 is 2.12 bits per heavy atom. The number of halogens is 1. The van der Waals surface area contributed by atoms with Crippen molar-refractivity contribution < 1.29 is 0 Å². The molecular weight excluding hydrogens is 218 g/mol. The maximum atomic E-state index is 5.86. The molecule has 0 saturated carbocycles. The fraction of sp³-hybridized carbons (Fsp3) is 0.571. The van der Waals surface area contributed by atoms with Crippen molar-refractivity contribution in [2.24, 2.45) is 5.92 Å². The molecule has 1 N–H and O–H groups in total. The van der Waals surface area contributed by atoms with Gasteiger partial charge in [0, 0.05) is 17.1 Å². The van der Waals surface area contributed by atoms with Gasteiger partial charge in [-0.1, -0.05) is 37.6 Å². The molecule has 0 aliphatic rings. The molecule has 0 aliphatic carbocycles. The van der Waals surface area contributed by atoms with Crippen LogP contribution in [-0.4, -0.2) is 12.1 Å². The molecule has 0 spiro atoms. The molecule has 2 atom stereocenters. The Kier molecular flexibility index (Phi) is 5.30. The van der Waals surface area contributed by atoms with Gasteiger partial charge in [0.25, 0.3) is 0 Å². The molecule has 16 heavy (non-hydrogen) atoms. The van der Waals surface area contributed by atoms with Crippen molar-refractivity contribution >= 4 is 11.6 Å². The molecule has 1 rings (SSSR count). The van der Waals surface area contributed by atoms with Crippen LogP contribution < -0.4 is 5.32 Å². The Labute approximate surface area is 104 Å². The maximum Gasteiger partial charge on any atom is 0.0406 e. The first-order valence-corrected chi connectivity index (χ1v) is 6.37. The molecule has 0 heterocycles. The average molecular weight is 240 g/mol. The molecule has 0 saturated heterocycles. The van der Waals surface area contributed by atoms with Gasteiger partial charge in [-0.2, -0.15) is 0 Å². The van der Waals surface area contributed by atoms with E-state index in [1.54, 1.807) is 0 Å². The van der Waals surface area contributed by atoms with Crippen LogP contribution in [0.5, 0.6) is 0 Å².